The Balaban J connectivity index is 1.97. The van der Waals surface area contributed by atoms with E-state index in [-0.39, 0.29) is 11.8 Å². The highest BCUT2D eigenvalue weighted by Gasteiger charge is 2.38. The molecule has 2 N–H and O–H groups in total. The number of ether oxygens (including phenoxy) is 2. The molecule has 2 aliphatic rings. The molecular formula is C9H17NO2. The van der Waals surface area contributed by atoms with Crippen molar-refractivity contribution in [3.05, 3.63) is 0 Å². The Morgan fingerprint density at radius 2 is 1.92 bits per heavy atom. The van der Waals surface area contributed by atoms with Crippen LogP contribution < -0.4 is 5.73 Å². The van der Waals surface area contributed by atoms with Crippen molar-refractivity contribution in [3.63, 3.8) is 0 Å². The van der Waals surface area contributed by atoms with E-state index in [1.54, 1.807) is 0 Å². The van der Waals surface area contributed by atoms with Gasteiger partial charge in [-0.05, 0) is 19.3 Å². The molecule has 0 amide bonds. The summed E-state index contributed by atoms with van der Waals surface area (Å²) in [7, 11) is 0. The summed E-state index contributed by atoms with van der Waals surface area (Å²) in [4.78, 5) is 0. The molecule has 3 heteroatoms. The minimum Gasteiger partial charge on any atom is -0.350 e. The summed E-state index contributed by atoms with van der Waals surface area (Å²) >= 11 is 0. The van der Waals surface area contributed by atoms with E-state index in [1.807, 2.05) is 0 Å². The molecule has 2 rings (SSSR count). The molecule has 0 aromatic rings. The van der Waals surface area contributed by atoms with Crippen LogP contribution in [0.4, 0.5) is 0 Å². The van der Waals surface area contributed by atoms with Crippen molar-refractivity contribution in [2.75, 3.05) is 13.2 Å². The van der Waals surface area contributed by atoms with Gasteiger partial charge in [-0.1, -0.05) is 0 Å². The van der Waals surface area contributed by atoms with Crippen molar-refractivity contribution < 1.29 is 9.47 Å². The maximum Gasteiger partial charge on any atom is 0.169 e. The van der Waals surface area contributed by atoms with E-state index in [2.05, 4.69) is 0 Å². The normalized spacial score (nSPS) is 35.2. The second kappa shape index (κ2) is 3.32. The SMILES string of the molecule is NC1CCCC2(C1)OCCCO2. The van der Waals surface area contributed by atoms with Gasteiger partial charge in [-0.2, -0.15) is 0 Å². The quantitative estimate of drug-likeness (QED) is 0.592. The fourth-order valence-electron chi connectivity index (χ4n) is 2.12. The number of nitrogens with two attached hydrogens (primary N) is 1. The van der Waals surface area contributed by atoms with Gasteiger partial charge in [-0.3, -0.25) is 0 Å². The zero-order valence-electron chi connectivity index (χ0n) is 7.42. The summed E-state index contributed by atoms with van der Waals surface area (Å²) in [6.45, 7) is 1.68. The zero-order valence-corrected chi connectivity index (χ0v) is 7.42. The van der Waals surface area contributed by atoms with E-state index in [1.165, 1.54) is 0 Å². The molecular weight excluding hydrogens is 154 g/mol. The van der Waals surface area contributed by atoms with Crippen LogP contribution in [0.3, 0.4) is 0 Å². The van der Waals surface area contributed by atoms with E-state index >= 15 is 0 Å². The van der Waals surface area contributed by atoms with Gasteiger partial charge in [-0.25, -0.2) is 0 Å². The number of hydrogen-bond acceptors (Lipinski definition) is 3. The van der Waals surface area contributed by atoms with Crippen molar-refractivity contribution in [2.45, 2.75) is 43.9 Å². The fourth-order valence-corrected chi connectivity index (χ4v) is 2.12. The number of hydrogen-bond donors (Lipinski definition) is 1. The van der Waals surface area contributed by atoms with Gasteiger partial charge in [0.25, 0.3) is 0 Å². The third-order valence-electron chi connectivity index (χ3n) is 2.72. The van der Waals surface area contributed by atoms with Crippen LogP contribution in [-0.4, -0.2) is 25.0 Å². The largest absolute Gasteiger partial charge is 0.350 e. The molecule has 12 heavy (non-hydrogen) atoms. The average molecular weight is 171 g/mol. The standard InChI is InChI=1S/C9H17NO2/c10-8-3-1-4-9(7-8)11-5-2-6-12-9/h8H,1-7,10H2. The smallest absolute Gasteiger partial charge is 0.169 e. The summed E-state index contributed by atoms with van der Waals surface area (Å²) in [5.41, 5.74) is 5.88. The first-order valence-corrected chi connectivity index (χ1v) is 4.84. The molecule has 0 bridgehead atoms. The van der Waals surface area contributed by atoms with E-state index in [9.17, 15) is 0 Å². The maximum atomic E-state index is 5.88. The first kappa shape index (κ1) is 8.48. The number of rotatable bonds is 0. The molecule has 1 saturated carbocycles. The van der Waals surface area contributed by atoms with Crippen LogP contribution >= 0.6 is 0 Å². The molecule has 1 atom stereocenters. The third kappa shape index (κ3) is 1.63. The molecule has 1 saturated heterocycles. The lowest BCUT2D eigenvalue weighted by atomic mass is 9.90. The van der Waals surface area contributed by atoms with Gasteiger partial charge in [-0.15, -0.1) is 0 Å². The summed E-state index contributed by atoms with van der Waals surface area (Å²) in [5, 5.41) is 0. The van der Waals surface area contributed by atoms with Gasteiger partial charge in [0, 0.05) is 18.9 Å². The van der Waals surface area contributed by atoms with Crippen LogP contribution in [0.1, 0.15) is 32.1 Å². The van der Waals surface area contributed by atoms with Crippen LogP contribution in [0.5, 0.6) is 0 Å². The van der Waals surface area contributed by atoms with E-state index in [0.29, 0.717) is 0 Å². The lowest BCUT2D eigenvalue weighted by molar-refractivity contribution is -0.281. The topological polar surface area (TPSA) is 44.5 Å². The molecule has 3 nitrogen and oxygen atoms in total. The van der Waals surface area contributed by atoms with E-state index in [0.717, 1.165) is 45.3 Å². The summed E-state index contributed by atoms with van der Waals surface area (Å²) in [5.74, 6) is -0.296. The zero-order chi connectivity index (χ0) is 8.44. The fraction of sp³-hybridized carbons (Fsp3) is 1.00. The first-order valence-electron chi connectivity index (χ1n) is 4.84. The second-order valence-corrected chi connectivity index (χ2v) is 3.82. The Bertz CT molecular complexity index is 149. The highest BCUT2D eigenvalue weighted by Crippen LogP contribution is 2.34. The first-order chi connectivity index (χ1) is 5.81. The van der Waals surface area contributed by atoms with Crippen LogP contribution in [0, 0.1) is 0 Å². The van der Waals surface area contributed by atoms with Crippen LogP contribution in [0.2, 0.25) is 0 Å². The molecule has 1 spiro atoms. The molecule has 1 aliphatic heterocycles. The van der Waals surface area contributed by atoms with Gasteiger partial charge in [0.05, 0.1) is 13.2 Å². The van der Waals surface area contributed by atoms with Crippen molar-refractivity contribution >= 4 is 0 Å². The summed E-state index contributed by atoms with van der Waals surface area (Å²) in [6, 6.07) is 0.275. The van der Waals surface area contributed by atoms with Gasteiger partial charge in [0.15, 0.2) is 5.79 Å². The Morgan fingerprint density at radius 3 is 2.58 bits per heavy atom. The lowest BCUT2D eigenvalue weighted by Gasteiger charge is -2.41. The average Bonchev–Trinajstić information content (AvgIpc) is 2.05. The van der Waals surface area contributed by atoms with E-state index < -0.39 is 0 Å². The minimum atomic E-state index is -0.296. The predicted molar refractivity (Wildman–Crippen MR) is 45.7 cm³/mol. The third-order valence-corrected chi connectivity index (χ3v) is 2.72. The molecule has 1 unspecified atom stereocenters. The molecule has 0 aromatic carbocycles. The van der Waals surface area contributed by atoms with Crippen molar-refractivity contribution in [2.24, 2.45) is 5.73 Å². The van der Waals surface area contributed by atoms with E-state index in [4.69, 9.17) is 15.2 Å². The maximum absolute atomic E-state index is 5.88. The summed E-state index contributed by atoms with van der Waals surface area (Å²) in [6.07, 6.45) is 5.19. The Kier molecular flexibility index (Phi) is 2.35. The molecule has 2 fully saturated rings. The molecule has 70 valence electrons. The van der Waals surface area contributed by atoms with Gasteiger partial charge < -0.3 is 15.2 Å². The van der Waals surface area contributed by atoms with Gasteiger partial charge in [0.1, 0.15) is 0 Å². The second-order valence-electron chi connectivity index (χ2n) is 3.82. The highest BCUT2D eigenvalue weighted by molar-refractivity contribution is 4.84. The van der Waals surface area contributed by atoms with Crippen molar-refractivity contribution in [3.8, 4) is 0 Å². The van der Waals surface area contributed by atoms with Crippen molar-refractivity contribution in [1.82, 2.24) is 0 Å². The van der Waals surface area contributed by atoms with Gasteiger partial charge >= 0.3 is 0 Å². The summed E-state index contributed by atoms with van der Waals surface area (Å²) < 4.78 is 11.3. The molecule has 1 aliphatic carbocycles. The predicted octanol–water partition coefficient (Wildman–Crippen LogP) is 1.02. The Hall–Kier alpha value is -0.120. The Labute approximate surface area is 73.2 Å². The van der Waals surface area contributed by atoms with Gasteiger partial charge in [0.2, 0.25) is 0 Å². The monoisotopic (exact) mass is 171 g/mol. The van der Waals surface area contributed by atoms with Crippen molar-refractivity contribution in [1.29, 1.82) is 0 Å². The lowest BCUT2D eigenvalue weighted by Crippen LogP contribution is -2.48. The van der Waals surface area contributed by atoms with Crippen LogP contribution in [0.15, 0.2) is 0 Å². The minimum absolute atomic E-state index is 0.275. The molecule has 0 aromatic heterocycles. The highest BCUT2D eigenvalue weighted by atomic mass is 16.7. The van der Waals surface area contributed by atoms with Crippen LogP contribution in [0.25, 0.3) is 0 Å². The molecule has 1 heterocycles. The molecule has 0 radical (unpaired) electrons. The Morgan fingerprint density at radius 1 is 1.17 bits per heavy atom. The van der Waals surface area contributed by atoms with Crippen LogP contribution in [-0.2, 0) is 9.47 Å².